The summed E-state index contributed by atoms with van der Waals surface area (Å²) >= 11 is 0. The molecule has 2 aliphatic rings. The molecule has 25 heavy (non-hydrogen) atoms. The Morgan fingerprint density at radius 3 is 2.32 bits per heavy atom. The number of hydrogen-bond acceptors (Lipinski definition) is 4. The lowest BCUT2D eigenvalue weighted by Gasteiger charge is -2.36. The normalized spacial score (nSPS) is 22.7. The van der Waals surface area contributed by atoms with Crippen molar-refractivity contribution in [2.45, 2.75) is 26.3 Å². The summed E-state index contributed by atoms with van der Waals surface area (Å²) in [5.41, 5.74) is 1.06. The third-order valence-electron chi connectivity index (χ3n) is 4.82. The molecular formula is C19H28N4O2. The number of imide groups is 1. The highest BCUT2D eigenvalue weighted by molar-refractivity contribution is 6.04. The van der Waals surface area contributed by atoms with Gasteiger partial charge in [0, 0.05) is 39.1 Å². The SMILES string of the molecule is CC(C)CN1CCN(CN2C(=O)N[C@@H](Cc3ccccc3)C2=O)CC1. The van der Waals surface area contributed by atoms with E-state index in [0.29, 0.717) is 19.0 Å². The van der Waals surface area contributed by atoms with Crippen LogP contribution in [0.3, 0.4) is 0 Å². The predicted molar refractivity (Wildman–Crippen MR) is 97.0 cm³/mol. The summed E-state index contributed by atoms with van der Waals surface area (Å²) in [5, 5.41) is 2.83. The summed E-state index contributed by atoms with van der Waals surface area (Å²) in [5.74, 6) is 0.551. The first-order chi connectivity index (χ1) is 12.0. The Bertz CT molecular complexity index is 597. The van der Waals surface area contributed by atoms with E-state index < -0.39 is 6.04 Å². The Hall–Kier alpha value is -1.92. The van der Waals surface area contributed by atoms with Gasteiger partial charge < -0.3 is 10.2 Å². The average molecular weight is 344 g/mol. The summed E-state index contributed by atoms with van der Waals surface area (Å²) in [6, 6.07) is 9.10. The van der Waals surface area contributed by atoms with Gasteiger partial charge in [-0.25, -0.2) is 9.69 Å². The van der Waals surface area contributed by atoms with E-state index in [2.05, 4.69) is 29.0 Å². The number of benzene rings is 1. The van der Waals surface area contributed by atoms with Crippen molar-refractivity contribution in [1.29, 1.82) is 0 Å². The third kappa shape index (κ3) is 4.58. The Balaban J connectivity index is 1.51. The van der Waals surface area contributed by atoms with Crippen LogP contribution < -0.4 is 5.32 Å². The van der Waals surface area contributed by atoms with Crippen molar-refractivity contribution in [3.8, 4) is 0 Å². The number of urea groups is 1. The molecular weight excluding hydrogens is 316 g/mol. The summed E-state index contributed by atoms with van der Waals surface area (Å²) in [7, 11) is 0. The Morgan fingerprint density at radius 2 is 1.68 bits per heavy atom. The zero-order chi connectivity index (χ0) is 17.8. The van der Waals surface area contributed by atoms with Crippen molar-refractivity contribution in [1.82, 2.24) is 20.0 Å². The monoisotopic (exact) mass is 344 g/mol. The number of nitrogens with one attached hydrogen (secondary N) is 1. The van der Waals surface area contributed by atoms with E-state index in [0.717, 1.165) is 38.3 Å². The van der Waals surface area contributed by atoms with Crippen LogP contribution in [0.5, 0.6) is 0 Å². The molecule has 1 aromatic carbocycles. The summed E-state index contributed by atoms with van der Waals surface area (Å²) in [6.45, 7) is 9.74. The molecule has 3 rings (SSSR count). The van der Waals surface area contributed by atoms with Crippen molar-refractivity contribution in [3.63, 3.8) is 0 Å². The standard InChI is InChI=1S/C19H28N4O2/c1-15(2)13-21-8-10-22(11-9-21)14-23-18(24)17(20-19(23)25)12-16-6-4-3-5-7-16/h3-7,15,17H,8-14H2,1-2H3,(H,20,25)/t17-/m0/s1. The molecule has 3 amide bonds. The van der Waals surface area contributed by atoms with Crippen LogP contribution in [-0.2, 0) is 11.2 Å². The largest absolute Gasteiger partial charge is 0.325 e. The minimum absolute atomic E-state index is 0.113. The molecule has 1 N–H and O–H groups in total. The molecule has 1 aromatic rings. The highest BCUT2D eigenvalue weighted by Gasteiger charge is 2.38. The van der Waals surface area contributed by atoms with E-state index in [4.69, 9.17) is 0 Å². The van der Waals surface area contributed by atoms with E-state index in [1.54, 1.807) is 0 Å². The summed E-state index contributed by atoms with van der Waals surface area (Å²) < 4.78 is 0. The van der Waals surface area contributed by atoms with Crippen molar-refractivity contribution >= 4 is 11.9 Å². The second-order valence-electron chi connectivity index (χ2n) is 7.41. The van der Waals surface area contributed by atoms with Gasteiger partial charge in [-0.05, 0) is 11.5 Å². The van der Waals surface area contributed by atoms with Gasteiger partial charge in [0.1, 0.15) is 6.04 Å². The maximum absolute atomic E-state index is 12.6. The first-order valence-electron chi connectivity index (χ1n) is 9.13. The van der Waals surface area contributed by atoms with Crippen LogP contribution >= 0.6 is 0 Å². The molecule has 6 heteroatoms. The number of amides is 3. The van der Waals surface area contributed by atoms with E-state index >= 15 is 0 Å². The lowest BCUT2D eigenvalue weighted by atomic mass is 10.1. The number of carbonyl (C=O) groups excluding carboxylic acids is 2. The molecule has 0 bridgehead atoms. The lowest BCUT2D eigenvalue weighted by molar-refractivity contribution is -0.129. The number of nitrogens with zero attached hydrogens (tertiary/aromatic N) is 3. The number of carbonyl (C=O) groups is 2. The molecule has 0 saturated carbocycles. The van der Waals surface area contributed by atoms with Crippen LogP contribution in [0.4, 0.5) is 4.79 Å². The van der Waals surface area contributed by atoms with E-state index in [-0.39, 0.29) is 11.9 Å². The van der Waals surface area contributed by atoms with Gasteiger partial charge in [-0.3, -0.25) is 9.69 Å². The van der Waals surface area contributed by atoms with E-state index in [1.807, 2.05) is 30.3 Å². The topological polar surface area (TPSA) is 55.9 Å². The first-order valence-corrected chi connectivity index (χ1v) is 9.13. The van der Waals surface area contributed by atoms with Crippen LogP contribution in [-0.4, -0.2) is 72.1 Å². The van der Waals surface area contributed by atoms with Gasteiger partial charge in [-0.2, -0.15) is 0 Å². The van der Waals surface area contributed by atoms with E-state index in [1.165, 1.54) is 4.90 Å². The molecule has 0 aromatic heterocycles. The Labute approximate surface area is 149 Å². The highest BCUT2D eigenvalue weighted by atomic mass is 16.2. The van der Waals surface area contributed by atoms with Gasteiger partial charge in [-0.1, -0.05) is 44.2 Å². The Kier molecular flexibility index (Phi) is 5.71. The van der Waals surface area contributed by atoms with Crippen molar-refractivity contribution < 1.29 is 9.59 Å². The molecule has 0 unspecified atom stereocenters. The van der Waals surface area contributed by atoms with Crippen LogP contribution in [0.15, 0.2) is 30.3 Å². The van der Waals surface area contributed by atoms with Crippen LogP contribution in [0.25, 0.3) is 0 Å². The maximum atomic E-state index is 12.6. The third-order valence-corrected chi connectivity index (χ3v) is 4.82. The van der Waals surface area contributed by atoms with Crippen LogP contribution in [0, 0.1) is 5.92 Å². The zero-order valence-corrected chi connectivity index (χ0v) is 15.1. The molecule has 136 valence electrons. The molecule has 0 radical (unpaired) electrons. The molecule has 2 heterocycles. The lowest BCUT2D eigenvalue weighted by Crippen LogP contribution is -2.51. The number of piperazine rings is 1. The van der Waals surface area contributed by atoms with Gasteiger partial charge in [0.25, 0.3) is 5.91 Å². The predicted octanol–water partition coefficient (Wildman–Crippen LogP) is 1.38. The van der Waals surface area contributed by atoms with E-state index in [9.17, 15) is 9.59 Å². The van der Waals surface area contributed by atoms with Crippen molar-refractivity contribution in [3.05, 3.63) is 35.9 Å². The fraction of sp³-hybridized carbons (Fsp3) is 0.579. The molecule has 6 nitrogen and oxygen atoms in total. The van der Waals surface area contributed by atoms with Gasteiger partial charge in [-0.15, -0.1) is 0 Å². The van der Waals surface area contributed by atoms with Crippen molar-refractivity contribution in [2.75, 3.05) is 39.4 Å². The minimum atomic E-state index is -0.447. The van der Waals surface area contributed by atoms with Crippen LogP contribution in [0.1, 0.15) is 19.4 Å². The minimum Gasteiger partial charge on any atom is -0.325 e. The van der Waals surface area contributed by atoms with Crippen molar-refractivity contribution in [2.24, 2.45) is 5.92 Å². The van der Waals surface area contributed by atoms with Crippen LogP contribution in [0.2, 0.25) is 0 Å². The van der Waals surface area contributed by atoms with Gasteiger partial charge in [0.15, 0.2) is 0 Å². The fourth-order valence-corrected chi connectivity index (χ4v) is 3.53. The highest BCUT2D eigenvalue weighted by Crippen LogP contribution is 2.14. The summed E-state index contributed by atoms with van der Waals surface area (Å²) in [4.78, 5) is 30.8. The molecule has 2 saturated heterocycles. The van der Waals surface area contributed by atoms with Gasteiger partial charge in [0.05, 0.1) is 6.67 Å². The smallest absolute Gasteiger partial charge is 0.325 e. The molecule has 2 aliphatic heterocycles. The average Bonchev–Trinajstić information content (AvgIpc) is 2.84. The van der Waals surface area contributed by atoms with Gasteiger partial charge >= 0.3 is 6.03 Å². The quantitative estimate of drug-likeness (QED) is 0.792. The molecule has 1 atom stereocenters. The zero-order valence-electron chi connectivity index (χ0n) is 15.1. The second kappa shape index (κ2) is 7.97. The maximum Gasteiger partial charge on any atom is 0.325 e. The second-order valence-corrected chi connectivity index (χ2v) is 7.41. The number of hydrogen-bond donors (Lipinski definition) is 1. The number of rotatable bonds is 6. The molecule has 0 spiro atoms. The summed E-state index contributed by atoms with van der Waals surface area (Å²) in [6.07, 6.45) is 0.546. The molecule has 2 fully saturated rings. The van der Waals surface area contributed by atoms with Gasteiger partial charge in [0.2, 0.25) is 0 Å². The molecule has 0 aliphatic carbocycles. The Morgan fingerprint density at radius 1 is 1.04 bits per heavy atom. The first kappa shape index (κ1) is 17.9. The fourth-order valence-electron chi connectivity index (χ4n) is 3.53.